The van der Waals surface area contributed by atoms with Crippen molar-refractivity contribution < 1.29 is 9.53 Å². The molecule has 1 heterocycles. The largest absolute Gasteiger partial charge is 0.495 e. The van der Waals surface area contributed by atoms with Crippen LogP contribution in [0.3, 0.4) is 0 Å². The first-order valence-electron chi connectivity index (χ1n) is 7.72. The lowest BCUT2D eigenvalue weighted by atomic mass is 10.1. The maximum Gasteiger partial charge on any atom is 0.253 e. The SMILES string of the molecule is COc1ccccc1N1CCN(C(=O)c2ccc(N)cc2)CC1. The van der Waals surface area contributed by atoms with E-state index in [1.165, 1.54) is 0 Å². The second-order valence-corrected chi connectivity index (χ2v) is 5.57. The molecule has 0 aromatic heterocycles. The van der Waals surface area contributed by atoms with Crippen molar-refractivity contribution >= 4 is 17.3 Å². The van der Waals surface area contributed by atoms with Gasteiger partial charge in [-0.05, 0) is 36.4 Å². The number of nitrogens with zero attached hydrogens (tertiary/aromatic N) is 2. The first-order chi connectivity index (χ1) is 11.2. The lowest BCUT2D eigenvalue weighted by molar-refractivity contribution is 0.0746. The molecule has 0 saturated carbocycles. The van der Waals surface area contributed by atoms with E-state index in [1.54, 1.807) is 31.4 Å². The maximum atomic E-state index is 12.5. The van der Waals surface area contributed by atoms with E-state index in [0.717, 1.165) is 24.5 Å². The molecule has 0 bridgehead atoms. The Kier molecular flexibility index (Phi) is 4.37. The number of carbonyl (C=O) groups is 1. The Morgan fingerprint density at radius 2 is 1.65 bits per heavy atom. The van der Waals surface area contributed by atoms with Crippen LogP contribution in [0.5, 0.6) is 5.75 Å². The summed E-state index contributed by atoms with van der Waals surface area (Å²) in [6.45, 7) is 2.98. The van der Waals surface area contributed by atoms with Crippen LogP contribution in [0.1, 0.15) is 10.4 Å². The normalized spacial score (nSPS) is 14.7. The smallest absolute Gasteiger partial charge is 0.253 e. The van der Waals surface area contributed by atoms with Crippen LogP contribution in [0, 0.1) is 0 Å². The first-order valence-corrected chi connectivity index (χ1v) is 7.72. The van der Waals surface area contributed by atoms with Crippen LogP contribution in [0.4, 0.5) is 11.4 Å². The molecule has 5 heteroatoms. The van der Waals surface area contributed by atoms with Gasteiger partial charge in [-0.3, -0.25) is 4.79 Å². The lowest BCUT2D eigenvalue weighted by Gasteiger charge is -2.36. The van der Waals surface area contributed by atoms with Crippen molar-refractivity contribution in [2.24, 2.45) is 0 Å². The number of hydrogen-bond donors (Lipinski definition) is 1. The van der Waals surface area contributed by atoms with Crippen molar-refractivity contribution in [3.63, 3.8) is 0 Å². The topological polar surface area (TPSA) is 58.8 Å². The minimum Gasteiger partial charge on any atom is -0.495 e. The van der Waals surface area contributed by atoms with Crippen LogP contribution in [0.15, 0.2) is 48.5 Å². The Bertz CT molecular complexity index is 677. The second kappa shape index (κ2) is 6.60. The number of carbonyl (C=O) groups excluding carboxylic acids is 1. The van der Waals surface area contributed by atoms with Gasteiger partial charge in [0.05, 0.1) is 12.8 Å². The Morgan fingerprint density at radius 1 is 1.00 bits per heavy atom. The zero-order chi connectivity index (χ0) is 16.2. The maximum absolute atomic E-state index is 12.5. The molecule has 0 spiro atoms. The minimum absolute atomic E-state index is 0.0599. The van der Waals surface area contributed by atoms with Crippen LogP contribution in [-0.4, -0.2) is 44.1 Å². The van der Waals surface area contributed by atoms with Gasteiger partial charge in [0.1, 0.15) is 5.75 Å². The van der Waals surface area contributed by atoms with Crippen LogP contribution in [-0.2, 0) is 0 Å². The molecule has 1 fully saturated rings. The fourth-order valence-corrected chi connectivity index (χ4v) is 2.85. The van der Waals surface area contributed by atoms with Gasteiger partial charge in [0.2, 0.25) is 0 Å². The summed E-state index contributed by atoms with van der Waals surface area (Å²) >= 11 is 0. The second-order valence-electron chi connectivity index (χ2n) is 5.57. The van der Waals surface area contributed by atoms with E-state index in [4.69, 9.17) is 10.5 Å². The molecule has 0 radical (unpaired) electrons. The molecule has 1 amide bonds. The Balaban J connectivity index is 1.66. The van der Waals surface area contributed by atoms with Gasteiger partial charge in [-0.25, -0.2) is 0 Å². The third kappa shape index (κ3) is 3.23. The highest BCUT2D eigenvalue weighted by Crippen LogP contribution is 2.28. The zero-order valence-corrected chi connectivity index (χ0v) is 13.2. The summed E-state index contributed by atoms with van der Waals surface area (Å²) in [6.07, 6.45) is 0. The molecular formula is C18H21N3O2. The van der Waals surface area contributed by atoms with E-state index < -0.39 is 0 Å². The summed E-state index contributed by atoms with van der Waals surface area (Å²) in [7, 11) is 1.68. The molecule has 23 heavy (non-hydrogen) atoms. The Morgan fingerprint density at radius 3 is 2.30 bits per heavy atom. The van der Waals surface area contributed by atoms with Crippen LogP contribution in [0.2, 0.25) is 0 Å². The number of anilines is 2. The highest BCUT2D eigenvalue weighted by atomic mass is 16.5. The molecule has 120 valence electrons. The number of methoxy groups -OCH3 is 1. The van der Waals surface area contributed by atoms with Crippen molar-refractivity contribution in [1.29, 1.82) is 0 Å². The number of rotatable bonds is 3. The van der Waals surface area contributed by atoms with E-state index in [0.29, 0.717) is 24.3 Å². The molecule has 1 aliphatic rings. The van der Waals surface area contributed by atoms with Crippen LogP contribution in [0.25, 0.3) is 0 Å². The molecular weight excluding hydrogens is 290 g/mol. The van der Waals surface area contributed by atoms with Gasteiger partial charge >= 0.3 is 0 Å². The molecule has 1 aliphatic heterocycles. The summed E-state index contributed by atoms with van der Waals surface area (Å²) in [5.74, 6) is 0.926. The highest BCUT2D eigenvalue weighted by molar-refractivity contribution is 5.94. The standard InChI is InChI=1S/C18H21N3O2/c1-23-17-5-3-2-4-16(17)20-10-12-21(13-11-20)18(22)14-6-8-15(19)9-7-14/h2-9H,10-13,19H2,1H3. The number of benzene rings is 2. The van der Waals surface area contributed by atoms with Gasteiger partial charge < -0.3 is 20.3 Å². The minimum atomic E-state index is 0.0599. The number of para-hydroxylation sites is 2. The third-order valence-corrected chi connectivity index (χ3v) is 4.15. The lowest BCUT2D eigenvalue weighted by Crippen LogP contribution is -2.48. The Labute approximate surface area is 136 Å². The molecule has 3 rings (SSSR count). The predicted octanol–water partition coefficient (Wildman–Crippen LogP) is 2.24. The molecule has 2 aromatic rings. The van der Waals surface area contributed by atoms with Gasteiger partial charge in [0, 0.05) is 37.4 Å². The summed E-state index contributed by atoms with van der Waals surface area (Å²) in [5.41, 5.74) is 8.10. The summed E-state index contributed by atoms with van der Waals surface area (Å²) in [6, 6.07) is 15.1. The highest BCUT2D eigenvalue weighted by Gasteiger charge is 2.23. The van der Waals surface area contributed by atoms with E-state index in [-0.39, 0.29) is 5.91 Å². The number of piperazine rings is 1. The van der Waals surface area contributed by atoms with Crippen LogP contribution >= 0.6 is 0 Å². The molecule has 0 unspecified atom stereocenters. The number of hydrogen-bond acceptors (Lipinski definition) is 4. The van der Waals surface area contributed by atoms with E-state index in [9.17, 15) is 4.79 Å². The van der Waals surface area contributed by atoms with Gasteiger partial charge in [0.15, 0.2) is 0 Å². The Hall–Kier alpha value is -2.69. The molecule has 0 atom stereocenters. The van der Waals surface area contributed by atoms with Crippen molar-refractivity contribution in [2.75, 3.05) is 43.9 Å². The first kappa shape index (κ1) is 15.2. The molecule has 2 N–H and O–H groups in total. The summed E-state index contributed by atoms with van der Waals surface area (Å²) < 4.78 is 5.42. The number of amides is 1. The fourth-order valence-electron chi connectivity index (χ4n) is 2.85. The van der Waals surface area contributed by atoms with Crippen molar-refractivity contribution in [2.45, 2.75) is 0 Å². The van der Waals surface area contributed by atoms with Crippen molar-refractivity contribution in [3.05, 3.63) is 54.1 Å². The van der Waals surface area contributed by atoms with E-state index in [1.807, 2.05) is 23.1 Å². The van der Waals surface area contributed by atoms with Crippen LogP contribution < -0.4 is 15.4 Å². The summed E-state index contributed by atoms with van der Waals surface area (Å²) in [4.78, 5) is 16.7. The van der Waals surface area contributed by atoms with E-state index >= 15 is 0 Å². The van der Waals surface area contributed by atoms with Crippen molar-refractivity contribution in [3.8, 4) is 5.75 Å². The van der Waals surface area contributed by atoms with E-state index in [2.05, 4.69) is 11.0 Å². The van der Waals surface area contributed by atoms with Crippen molar-refractivity contribution in [1.82, 2.24) is 4.90 Å². The van der Waals surface area contributed by atoms with Gasteiger partial charge in [-0.1, -0.05) is 12.1 Å². The predicted molar refractivity (Wildman–Crippen MR) is 92.0 cm³/mol. The quantitative estimate of drug-likeness (QED) is 0.883. The number of nitrogen functional groups attached to an aromatic ring is 1. The van der Waals surface area contributed by atoms with Gasteiger partial charge in [-0.15, -0.1) is 0 Å². The fraction of sp³-hybridized carbons (Fsp3) is 0.278. The number of ether oxygens (including phenoxy) is 1. The molecule has 2 aromatic carbocycles. The molecule has 1 saturated heterocycles. The summed E-state index contributed by atoms with van der Waals surface area (Å²) in [5, 5.41) is 0. The number of nitrogens with two attached hydrogens (primary N) is 1. The average molecular weight is 311 g/mol. The molecule has 5 nitrogen and oxygen atoms in total. The zero-order valence-electron chi connectivity index (χ0n) is 13.2. The van der Waals surface area contributed by atoms with Gasteiger partial charge in [-0.2, -0.15) is 0 Å². The average Bonchev–Trinajstić information content (AvgIpc) is 2.62. The monoisotopic (exact) mass is 311 g/mol. The third-order valence-electron chi connectivity index (χ3n) is 4.15. The molecule has 0 aliphatic carbocycles. The van der Waals surface area contributed by atoms with Gasteiger partial charge in [0.25, 0.3) is 5.91 Å².